The summed E-state index contributed by atoms with van der Waals surface area (Å²) in [6, 6.07) is 2.30. The number of anilines is 1. The largest absolute Gasteiger partial charge is 0.370 e. The standard InChI is InChI=1S/C24H25BClF2N5O2S/c25-18-14-30-33-23(12-21(31-24(18)33)17-3-1-2-4-19(17)26)29-13-15-7-9-32(10-8-15)36(34,35)22-11-16(27)5-6-20(22)28/h1,3,5-6,11-12,14-15,21,29,31H,2,4,7-10,13H2. The summed E-state index contributed by atoms with van der Waals surface area (Å²) in [6.07, 6.45) is 10.6. The van der Waals surface area contributed by atoms with Crippen molar-refractivity contribution in [3.05, 3.63) is 64.9 Å². The van der Waals surface area contributed by atoms with Gasteiger partial charge in [-0.1, -0.05) is 23.8 Å². The van der Waals surface area contributed by atoms with Crippen molar-refractivity contribution in [3.8, 4) is 0 Å². The molecule has 0 saturated carbocycles. The number of aromatic nitrogens is 2. The van der Waals surface area contributed by atoms with E-state index in [4.69, 9.17) is 19.4 Å². The van der Waals surface area contributed by atoms with Gasteiger partial charge in [-0.25, -0.2) is 21.9 Å². The lowest BCUT2D eigenvalue weighted by molar-refractivity contribution is 0.271. The number of rotatable bonds is 6. The number of halogens is 3. The molecular formula is C24H25BClF2N5O2S. The molecule has 5 rings (SSSR count). The second kappa shape index (κ2) is 10.0. The molecule has 0 amide bonds. The van der Waals surface area contributed by atoms with E-state index in [2.05, 4.69) is 21.8 Å². The summed E-state index contributed by atoms with van der Waals surface area (Å²) in [7, 11) is 2.02. The third-order valence-corrected chi connectivity index (χ3v) is 9.10. The average Bonchev–Trinajstić information content (AvgIpc) is 3.25. The number of nitrogens with one attached hydrogen (secondary N) is 2. The summed E-state index contributed by atoms with van der Waals surface area (Å²) in [6.45, 7) is 1.03. The molecule has 1 aliphatic carbocycles. The minimum atomic E-state index is -4.11. The van der Waals surface area contributed by atoms with E-state index in [0.29, 0.717) is 30.7 Å². The van der Waals surface area contributed by atoms with Gasteiger partial charge in [-0.3, -0.25) is 0 Å². The lowest BCUT2D eigenvalue weighted by Gasteiger charge is -2.33. The Kier molecular flexibility index (Phi) is 6.98. The maximum Gasteiger partial charge on any atom is 0.246 e. The molecule has 188 valence electrons. The van der Waals surface area contributed by atoms with Gasteiger partial charge in [0.2, 0.25) is 10.0 Å². The monoisotopic (exact) mass is 531 g/mol. The molecule has 36 heavy (non-hydrogen) atoms. The minimum Gasteiger partial charge on any atom is -0.370 e. The summed E-state index contributed by atoms with van der Waals surface area (Å²) in [5.74, 6) is -0.124. The Labute approximate surface area is 215 Å². The molecule has 2 aliphatic heterocycles. The van der Waals surface area contributed by atoms with Gasteiger partial charge in [-0.2, -0.15) is 9.40 Å². The van der Waals surface area contributed by atoms with E-state index < -0.39 is 26.6 Å². The van der Waals surface area contributed by atoms with Gasteiger partial charge in [0.25, 0.3) is 0 Å². The van der Waals surface area contributed by atoms with E-state index >= 15 is 0 Å². The van der Waals surface area contributed by atoms with Gasteiger partial charge >= 0.3 is 0 Å². The minimum absolute atomic E-state index is 0.170. The third kappa shape index (κ3) is 4.84. The molecule has 3 aliphatic rings. The zero-order valence-corrected chi connectivity index (χ0v) is 21.0. The fraction of sp³-hybridized carbons (Fsp3) is 0.375. The highest BCUT2D eigenvalue weighted by Gasteiger charge is 2.32. The number of allylic oxidation sites excluding steroid dienone is 2. The molecule has 2 N–H and O–H groups in total. The van der Waals surface area contributed by atoms with Crippen LogP contribution >= 0.6 is 11.6 Å². The molecule has 1 unspecified atom stereocenters. The predicted molar refractivity (Wildman–Crippen MR) is 136 cm³/mol. The molecule has 1 atom stereocenters. The Morgan fingerprint density at radius 3 is 2.78 bits per heavy atom. The maximum absolute atomic E-state index is 14.1. The summed E-state index contributed by atoms with van der Waals surface area (Å²) in [4.78, 5) is -0.626. The lowest BCUT2D eigenvalue weighted by atomic mass is 9.95. The summed E-state index contributed by atoms with van der Waals surface area (Å²) < 4.78 is 56.3. The first-order chi connectivity index (χ1) is 17.2. The second-order valence-corrected chi connectivity index (χ2v) is 11.5. The van der Waals surface area contributed by atoms with Crippen LogP contribution in [0.15, 0.2) is 58.1 Å². The van der Waals surface area contributed by atoms with Crippen LogP contribution < -0.4 is 16.1 Å². The van der Waals surface area contributed by atoms with E-state index in [-0.39, 0.29) is 25.0 Å². The molecule has 1 saturated heterocycles. The van der Waals surface area contributed by atoms with Crippen molar-refractivity contribution in [2.24, 2.45) is 5.92 Å². The molecule has 1 aromatic heterocycles. The smallest absolute Gasteiger partial charge is 0.246 e. The number of benzene rings is 1. The number of piperidine rings is 1. The average molecular weight is 532 g/mol. The van der Waals surface area contributed by atoms with Gasteiger partial charge < -0.3 is 10.6 Å². The third-order valence-electron chi connectivity index (χ3n) is 6.78. The zero-order chi connectivity index (χ0) is 25.4. The van der Waals surface area contributed by atoms with Crippen LogP contribution in [0.2, 0.25) is 0 Å². The molecular weight excluding hydrogens is 507 g/mol. The van der Waals surface area contributed by atoms with Crippen LogP contribution in [0.5, 0.6) is 0 Å². The van der Waals surface area contributed by atoms with Crippen LogP contribution in [0.1, 0.15) is 25.7 Å². The molecule has 1 fully saturated rings. The molecule has 1 aromatic carbocycles. The van der Waals surface area contributed by atoms with Crippen molar-refractivity contribution in [1.82, 2.24) is 19.4 Å². The van der Waals surface area contributed by atoms with Crippen LogP contribution in [-0.4, -0.2) is 56.0 Å². The first-order valence-electron chi connectivity index (χ1n) is 11.8. The van der Waals surface area contributed by atoms with Crippen molar-refractivity contribution in [2.45, 2.75) is 36.6 Å². The summed E-state index contributed by atoms with van der Waals surface area (Å²) in [5.41, 5.74) is 1.50. The highest BCUT2D eigenvalue weighted by molar-refractivity contribution is 7.89. The van der Waals surface area contributed by atoms with E-state index in [9.17, 15) is 17.2 Å². The van der Waals surface area contributed by atoms with Gasteiger partial charge in [0.05, 0.1) is 6.04 Å². The van der Waals surface area contributed by atoms with Crippen molar-refractivity contribution in [3.63, 3.8) is 0 Å². The Morgan fingerprint density at radius 2 is 2.03 bits per heavy atom. The number of sulfonamides is 1. The number of nitrogens with zero attached hydrogens (tertiary/aromatic N) is 3. The molecule has 2 radical (unpaired) electrons. The van der Waals surface area contributed by atoms with Gasteiger partial charge in [0, 0.05) is 30.9 Å². The van der Waals surface area contributed by atoms with Crippen LogP contribution in [0.25, 0.3) is 5.82 Å². The Morgan fingerprint density at radius 1 is 1.25 bits per heavy atom. The Bertz CT molecular complexity index is 1370. The molecule has 2 aromatic rings. The highest BCUT2D eigenvalue weighted by Crippen LogP contribution is 2.30. The fourth-order valence-electron chi connectivity index (χ4n) is 4.75. The molecule has 0 spiro atoms. The van der Waals surface area contributed by atoms with E-state index in [1.165, 1.54) is 4.31 Å². The van der Waals surface area contributed by atoms with Gasteiger partial charge in [0.1, 0.15) is 36.0 Å². The van der Waals surface area contributed by atoms with Crippen molar-refractivity contribution in [1.29, 1.82) is 0 Å². The van der Waals surface area contributed by atoms with Crippen LogP contribution in [-0.2, 0) is 10.0 Å². The first-order valence-corrected chi connectivity index (χ1v) is 13.6. The van der Waals surface area contributed by atoms with Crippen LogP contribution in [0, 0.1) is 17.6 Å². The Balaban J connectivity index is 1.26. The van der Waals surface area contributed by atoms with E-state index in [1.807, 2.05) is 12.2 Å². The van der Waals surface area contributed by atoms with Gasteiger partial charge in [-0.15, -0.1) is 0 Å². The number of hydrogen-bond donors (Lipinski definition) is 2. The molecule has 7 nitrogen and oxygen atoms in total. The normalized spacial score (nSPS) is 21.2. The maximum atomic E-state index is 14.1. The highest BCUT2D eigenvalue weighted by atomic mass is 35.5. The fourth-order valence-corrected chi connectivity index (χ4v) is 6.59. The van der Waals surface area contributed by atoms with Crippen LogP contribution in [0.3, 0.4) is 0 Å². The lowest BCUT2D eigenvalue weighted by Crippen LogP contribution is -2.41. The van der Waals surface area contributed by atoms with E-state index in [0.717, 1.165) is 47.5 Å². The van der Waals surface area contributed by atoms with Crippen molar-refractivity contribution < 1.29 is 17.2 Å². The van der Waals surface area contributed by atoms with Crippen molar-refractivity contribution >= 4 is 46.6 Å². The molecule has 0 bridgehead atoms. The van der Waals surface area contributed by atoms with Crippen LogP contribution in [0.4, 0.5) is 14.6 Å². The Hall–Kier alpha value is -2.63. The van der Waals surface area contributed by atoms with E-state index in [1.54, 1.807) is 10.9 Å². The quantitative estimate of drug-likeness (QED) is 0.560. The number of hydrogen-bond acceptors (Lipinski definition) is 5. The summed E-state index contributed by atoms with van der Waals surface area (Å²) in [5, 5.41) is 12.0. The summed E-state index contributed by atoms with van der Waals surface area (Å²) >= 11 is 6.50. The SMILES string of the molecule is [B]c1cnn2c1NC(C1=C(Cl)CCC=C1)C=C2NCC1CCN(S(=O)(=O)c2cc(F)ccc2F)CC1. The molecule has 3 heterocycles. The predicted octanol–water partition coefficient (Wildman–Crippen LogP) is 3.08. The number of fused-ring (bicyclic) bond motifs is 1. The second-order valence-electron chi connectivity index (χ2n) is 9.14. The first kappa shape index (κ1) is 25.0. The van der Waals surface area contributed by atoms with Gasteiger partial charge in [0.15, 0.2) is 0 Å². The molecule has 12 heteroatoms. The topological polar surface area (TPSA) is 79.3 Å². The van der Waals surface area contributed by atoms with Crippen molar-refractivity contribution in [2.75, 3.05) is 25.0 Å². The van der Waals surface area contributed by atoms with Gasteiger partial charge in [-0.05, 0) is 66.9 Å². The zero-order valence-electron chi connectivity index (χ0n) is 19.4.